The molecule has 1 rings (SSSR count). The third-order valence-electron chi connectivity index (χ3n) is 2.81. The topological polar surface area (TPSA) is 43.1 Å². The van der Waals surface area contributed by atoms with Crippen molar-refractivity contribution in [3.05, 3.63) is 39.4 Å². The van der Waals surface area contributed by atoms with Crippen LogP contribution in [0.3, 0.4) is 0 Å². The van der Waals surface area contributed by atoms with Gasteiger partial charge in [0, 0.05) is 22.4 Å². The minimum atomic E-state index is -0.297. The second kappa shape index (κ2) is 5.43. The first-order valence-corrected chi connectivity index (χ1v) is 6.28. The lowest BCUT2D eigenvalue weighted by molar-refractivity contribution is -0.385. The molecule has 0 aliphatic rings. The Hall–Kier alpha value is -0.900. The second-order valence-corrected chi connectivity index (χ2v) is 5.21. The molecule has 16 heavy (non-hydrogen) atoms. The summed E-state index contributed by atoms with van der Waals surface area (Å²) in [4.78, 5) is 11.0. The lowest BCUT2D eigenvalue weighted by Gasteiger charge is -2.17. The molecule has 0 N–H and O–H groups in total. The molecular formula is C12H16BrNO2. The largest absolute Gasteiger partial charge is 0.273 e. The monoisotopic (exact) mass is 285 g/mol. The van der Waals surface area contributed by atoms with Crippen molar-refractivity contribution in [2.45, 2.75) is 37.9 Å². The van der Waals surface area contributed by atoms with Gasteiger partial charge in [0.1, 0.15) is 0 Å². The third kappa shape index (κ3) is 2.82. The molecule has 2 atom stereocenters. The van der Waals surface area contributed by atoms with Crippen molar-refractivity contribution in [1.82, 2.24) is 0 Å². The van der Waals surface area contributed by atoms with E-state index in [0.717, 1.165) is 17.5 Å². The number of nitro groups is 1. The minimum Gasteiger partial charge on any atom is -0.258 e. The average molecular weight is 286 g/mol. The number of halogens is 1. The second-order valence-electron chi connectivity index (χ2n) is 4.03. The summed E-state index contributed by atoms with van der Waals surface area (Å²) in [5, 5.41) is 11.0. The Balaban J connectivity index is 3.17. The van der Waals surface area contributed by atoms with E-state index in [1.54, 1.807) is 6.07 Å². The van der Waals surface area contributed by atoms with E-state index in [4.69, 9.17) is 0 Å². The Morgan fingerprint density at radius 1 is 1.50 bits per heavy atom. The molecule has 0 aliphatic carbocycles. The van der Waals surface area contributed by atoms with Gasteiger partial charge in [0.15, 0.2) is 0 Å². The first-order chi connectivity index (χ1) is 7.47. The summed E-state index contributed by atoms with van der Waals surface area (Å²) >= 11 is 3.56. The predicted molar refractivity (Wildman–Crippen MR) is 69.3 cm³/mol. The zero-order valence-electron chi connectivity index (χ0n) is 9.74. The summed E-state index contributed by atoms with van der Waals surface area (Å²) in [6.45, 7) is 5.95. The molecule has 0 aliphatic heterocycles. The van der Waals surface area contributed by atoms with E-state index in [0.29, 0.717) is 0 Å². The summed E-state index contributed by atoms with van der Waals surface area (Å²) in [5.74, 6) is 0.144. The molecule has 0 spiro atoms. The van der Waals surface area contributed by atoms with E-state index >= 15 is 0 Å². The normalized spacial score (nSPS) is 14.5. The van der Waals surface area contributed by atoms with E-state index in [1.807, 2.05) is 26.0 Å². The van der Waals surface area contributed by atoms with Gasteiger partial charge in [0.25, 0.3) is 5.69 Å². The lowest BCUT2D eigenvalue weighted by Crippen LogP contribution is -2.10. The van der Waals surface area contributed by atoms with Crippen LogP contribution in [-0.2, 0) is 0 Å². The molecule has 1 aromatic carbocycles. The number of benzene rings is 1. The van der Waals surface area contributed by atoms with Gasteiger partial charge in [-0.05, 0) is 18.9 Å². The molecule has 2 unspecified atom stereocenters. The summed E-state index contributed by atoms with van der Waals surface area (Å²) in [6.07, 6.45) is 0.951. The van der Waals surface area contributed by atoms with Crippen LogP contribution in [0.15, 0.2) is 18.2 Å². The Kier molecular flexibility index (Phi) is 4.47. The van der Waals surface area contributed by atoms with Crippen molar-refractivity contribution in [3.63, 3.8) is 0 Å². The number of alkyl halides is 1. The smallest absolute Gasteiger partial charge is 0.258 e. The van der Waals surface area contributed by atoms with Gasteiger partial charge in [-0.1, -0.05) is 41.9 Å². The molecule has 0 amide bonds. The standard InChI is InChI=1S/C12H16BrNO2/c1-4-11(13)9(3)10-6-5-8(2)7-12(10)14(15)16/h5-7,9,11H,4H2,1-3H3. The lowest BCUT2D eigenvalue weighted by atomic mass is 9.94. The molecule has 0 heterocycles. The molecule has 0 aromatic heterocycles. The van der Waals surface area contributed by atoms with Gasteiger partial charge < -0.3 is 0 Å². The predicted octanol–water partition coefficient (Wildman–Crippen LogP) is 4.18. The number of hydrogen-bond donors (Lipinski definition) is 0. The zero-order valence-corrected chi connectivity index (χ0v) is 11.3. The molecule has 0 saturated heterocycles. The van der Waals surface area contributed by atoms with Crippen LogP contribution in [0.5, 0.6) is 0 Å². The number of nitrogens with zero attached hydrogens (tertiary/aromatic N) is 1. The molecule has 88 valence electrons. The number of hydrogen-bond acceptors (Lipinski definition) is 2. The molecule has 0 radical (unpaired) electrons. The zero-order chi connectivity index (χ0) is 12.3. The van der Waals surface area contributed by atoms with Gasteiger partial charge in [-0.25, -0.2) is 0 Å². The molecule has 1 aromatic rings. The highest BCUT2D eigenvalue weighted by Crippen LogP contribution is 2.33. The number of nitro benzene ring substituents is 1. The molecular weight excluding hydrogens is 270 g/mol. The van der Waals surface area contributed by atoms with E-state index in [-0.39, 0.29) is 21.4 Å². The average Bonchev–Trinajstić information content (AvgIpc) is 2.26. The van der Waals surface area contributed by atoms with Crippen LogP contribution in [0.25, 0.3) is 0 Å². The first kappa shape index (κ1) is 13.2. The van der Waals surface area contributed by atoms with E-state index in [9.17, 15) is 10.1 Å². The maximum absolute atomic E-state index is 11.0. The van der Waals surface area contributed by atoms with Crippen molar-refractivity contribution in [2.24, 2.45) is 0 Å². The van der Waals surface area contributed by atoms with Crippen molar-refractivity contribution in [3.8, 4) is 0 Å². The summed E-state index contributed by atoms with van der Waals surface area (Å²) in [5.41, 5.74) is 1.95. The van der Waals surface area contributed by atoms with Gasteiger partial charge in [0.05, 0.1) is 4.92 Å². The number of aryl methyl sites for hydroxylation is 1. The fourth-order valence-electron chi connectivity index (χ4n) is 1.75. The van der Waals surface area contributed by atoms with Gasteiger partial charge >= 0.3 is 0 Å². The van der Waals surface area contributed by atoms with Crippen LogP contribution in [-0.4, -0.2) is 9.75 Å². The Labute approximate surface area is 104 Å². The van der Waals surface area contributed by atoms with E-state index in [1.165, 1.54) is 0 Å². The third-order valence-corrected chi connectivity index (χ3v) is 4.25. The van der Waals surface area contributed by atoms with Crippen LogP contribution in [0, 0.1) is 17.0 Å². The van der Waals surface area contributed by atoms with Crippen LogP contribution in [0.4, 0.5) is 5.69 Å². The minimum absolute atomic E-state index is 0.144. The molecule has 3 nitrogen and oxygen atoms in total. The SMILES string of the molecule is CCC(Br)C(C)c1ccc(C)cc1[N+](=O)[O-]. The summed E-state index contributed by atoms with van der Waals surface area (Å²) < 4.78 is 0. The van der Waals surface area contributed by atoms with E-state index in [2.05, 4.69) is 22.9 Å². The van der Waals surface area contributed by atoms with Crippen LogP contribution in [0.2, 0.25) is 0 Å². The fourth-order valence-corrected chi connectivity index (χ4v) is 2.03. The Bertz CT molecular complexity index is 393. The van der Waals surface area contributed by atoms with Gasteiger partial charge in [-0.2, -0.15) is 0 Å². The van der Waals surface area contributed by atoms with Crippen molar-refractivity contribution in [1.29, 1.82) is 0 Å². The highest BCUT2D eigenvalue weighted by Gasteiger charge is 2.23. The molecule has 0 fully saturated rings. The van der Waals surface area contributed by atoms with Crippen molar-refractivity contribution < 1.29 is 4.92 Å². The first-order valence-electron chi connectivity index (χ1n) is 5.36. The Morgan fingerprint density at radius 2 is 2.12 bits per heavy atom. The molecule has 0 saturated carbocycles. The highest BCUT2D eigenvalue weighted by molar-refractivity contribution is 9.09. The molecule has 0 bridgehead atoms. The van der Waals surface area contributed by atoms with Gasteiger partial charge in [-0.15, -0.1) is 0 Å². The maximum atomic E-state index is 11.0. The maximum Gasteiger partial charge on any atom is 0.273 e. The number of rotatable bonds is 4. The molecule has 4 heteroatoms. The Morgan fingerprint density at radius 3 is 2.62 bits per heavy atom. The van der Waals surface area contributed by atoms with Crippen LogP contribution >= 0.6 is 15.9 Å². The summed E-state index contributed by atoms with van der Waals surface area (Å²) in [6, 6.07) is 5.43. The fraction of sp³-hybridized carbons (Fsp3) is 0.500. The van der Waals surface area contributed by atoms with Crippen LogP contribution in [0.1, 0.15) is 37.3 Å². The van der Waals surface area contributed by atoms with Gasteiger partial charge in [-0.3, -0.25) is 10.1 Å². The highest BCUT2D eigenvalue weighted by atomic mass is 79.9. The van der Waals surface area contributed by atoms with Gasteiger partial charge in [0.2, 0.25) is 0 Å². The van der Waals surface area contributed by atoms with Crippen molar-refractivity contribution >= 4 is 21.6 Å². The van der Waals surface area contributed by atoms with E-state index < -0.39 is 0 Å². The summed E-state index contributed by atoms with van der Waals surface area (Å²) in [7, 11) is 0. The quantitative estimate of drug-likeness (QED) is 0.473. The van der Waals surface area contributed by atoms with Crippen LogP contribution < -0.4 is 0 Å². The van der Waals surface area contributed by atoms with Crippen molar-refractivity contribution in [2.75, 3.05) is 0 Å².